The van der Waals surface area contributed by atoms with Crippen molar-refractivity contribution in [2.75, 3.05) is 30.4 Å². The van der Waals surface area contributed by atoms with Crippen molar-refractivity contribution in [3.8, 4) is 0 Å². The number of hydrogen-bond donors (Lipinski definition) is 1. The maximum atomic E-state index is 11.8. The number of aromatic nitrogens is 2. The van der Waals surface area contributed by atoms with E-state index in [4.69, 9.17) is 4.74 Å². The van der Waals surface area contributed by atoms with Crippen molar-refractivity contribution in [1.82, 2.24) is 9.97 Å². The van der Waals surface area contributed by atoms with E-state index in [1.807, 2.05) is 0 Å². The number of carbonyl (C=O) groups excluding carboxylic acids is 3. The van der Waals surface area contributed by atoms with Gasteiger partial charge in [-0.15, -0.1) is 0 Å². The van der Waals surface area contributed by atoms with Gasteiger partial charge in [-0.3, -0.25) is 14.4 Å². The molecule has 8 nitrogen and oxygen atoms in total. The zero-order valence-electron chi connectivity index (χ0n) is 13.9. The Morgan fingerprint density at radius 1 is 1.12 bits per heavy atom. The molecule has 0 unspecified atom stereocenters. The summed E-state index contributed by atoms with van der Waals surface area (Å²) in [5, 5.41) is 2.58. The number of carbonyl (C=O) groups is 3. The summed E-state index contributed by atoms with van der Waals surface area (Å²) >= 11 is 0. The average Bonchev–Trinajstić information content (AvgIpc) is 2.61. The minimum absolute atomic E-state index is 0.0571. The quantitative estimate of drug-likeness (QED) is 0.597. The summed E-state index contributed by atoms with van der Waals surface area (Å²) in [6.07, 6.45) is 3.13. The van der Waals surface area contributed by atoms with Crippen molar-refractivity contribution in [3.63, 3.8) is 0 Å². The zero-order valence-corrected chi connectivity index (χ0v) is 13.9. The van der Waals surface area contributed by atoms with Gasteiger partial charge in [0.15, 0.2) is 12.4 Å². The van der Waals surface area contributed by atoms with Crippen LogP contribution in [-0.4, -0.2) is 47.8 Å². The van der Waals surface area contributed by atoms with Crippen LogP contribution in [-0.2, 0) is 14.3 Å². The highest BCUT2D eigenvalue weighted by atomic mass is 16.5. The van der Waals surface area contributed by atoms with E-state index in [9.17, 15) is 14.4 Å². The number of rotatable bonds is 7. The van der Waals surface area contributed by atoms with Gasteiger partial charge in [-0.25, -0.2) is 9.97 Å². The fourth-order valence-electron chi connectivity index (χ4n) is 1.93. The second-order valence-electron chi connectivity index (χ2n) is 5.25. The van der Waals surface area contributed by atoms with Gasteiger partial charge in [0.2, 0.25) is 5.95 Å². The number of hydrogen-bond acceptors (Lipinski definition) is 7. The number of nitrogens with one attached hydrogen (secondary N) is 1. The van der Waals surface area contributed by atoms with Crippen molar-refractivity contribution >= 4 is 29.3 Å². The third-order valence-corrected chi connectivity index (χ3v) is 3.20. The van der Waals surface area contributed by atoms with Crippen molar-refractivity contribution < 1.29 is 19.1 Å². The normalized spacial score (nSPS) is 10.0. The Hall–Kier alpha value is -3.29. The molecular formula is C17H18N4O4. The molecule has 0 fully saturated rings. The highest BCUT2D eigenvalue weighted by Gasteiger charge is 2.12. The Bertz CT molecular complexity index is 747. The predicted octanol–water partition coefficient (Wildman–Crippen LogP) is 1.30. The third-order valence-electron chi connectivity index (χ3n) is 3.20. The van der Waals surface area contributed by atoms with Gasteiger partial charge in [-0.2, -0.15) is 0 Å². The van der Waals surface area contributed by atoms with E-state index in [1.165, 1.54) is 11.8 Å². The number of esters is 1. The Morgan fingerprint density at radius 3 is 2.36 bits per heavy atom. The first-order valence-electron chi connectivity index (χ1n) is 7.50. The van der Waals surface area contributed by atoms with E-state index in [2.05, 4.69) is 15.3 Å². The molecule has 0 aliphatic carbocycles. The first kappa shape index (κ1) is 18.1. The maximum Gasteiger partial charge on any atom is 0.326 e. The molecule has 130 valence electrons. The third kappa shape index (κ3) is 5.69. The van der Waals surface area contributed by atoms with Crippen molar-refractivity contribution in [1.29, 1.82) is 0 Å². The Morgan fingerprint density at radius 2 is 1.76 bits per heavy atom. The Kier molecular flexibility index (Phi) is 6.16. The molecule has 0 radical (unpaired) electrons. The van der Waals surface area contributed by atoms with Crippen LogP contribution < -0.4 is 10.2 Å². The smallest absolute Gasteiger partial charge is 0.326 e. The van der Waals surface area contributed by atoms with Gasteiger partial charge in [0.25, 0.3) is 5.91 Å². The lowest BCUT2D eigenvalue weighted by molar-refractivity contribution is -0.145. The van der Waals surface area contributed by atoms with Crippen molar-refractivity contribution in [3.05, 3.63) is 48.3 Å². The zero-order chi connectivity index (χ0) is 18.2. The molecule has 0 aliphatic rings. The van der Waals surface area contributed by atoms with Crippen LogP contribution in [0.25, 0.3) is 0 Å². The van der Waals surface area contributed by atoms with Gasteiger partial charge in [-0.1, -0.05) is 0 Å². The number of nitrogens with zero attached hydrogens (tertiary/aromatic N) is 3. The molecule has 2 rings (SSSR count). The second kappa shape index (κ2) is 8.53. The van der Waals surface area contributed by atoms with Crippen LogP contribution >= 0.6 is 0 Å². The van der Waals surface area contributed by atoms with Crippen LogP contribution in [0.1, 0.15) is 17.3 Å². The summed E-state index contributed by atoms with van der Waals surface area (Å²) in [6.45, 7) is 0.978. The SMILES string of the molecule is CC(=O)c1ccc(NC(=O)COC(=O)CN(C)c2ncccn2)cc1. The lowest BCUT2D eigenvalue weighted by atomic mass is 10.1. The standard InChI is InChI=1S/C17H18N4O4/c1-12(22)13-4-6-14(7-5-13)20-15(23)11-25-16(24)10-21(2)17-18-8-3-9-19-17/h3-9H,10-11H2,1-2H3,(H,20,23). The summed E-state index contributed by atoms with van der Waals surface area (Å²) in [5.41, 5.74) is 1.07. The molecule has 1 aromatic carbocycles. The van der Waals surface area contributed by atoms with Gasteiger partial charge in [0.05, 0.1) is 0 Å². The Balaban J connectivity index is 1.77. The fourth-order valence-corrected chi connectivity index (χ4v) is 1.93. The van der Waals surface area contributed by atoms with Crippen LogP contribution in [0.15, 0.2) is 42.7 Å². The minimum atomic E-state index is -0.572. The molecule has 0 aliphatic heterocycles. The summed E-state index contributed by atoms with van der Waals surface area (Å²) in [6, 6.07) is 8.11. The molecule has 8 heteroatoms. The van der Waals surface area contributed by atoms with Crippen molar-refractivity contribution in [2.45, 2.75) is 6.92 Å². The lowest BCUT2D eigenvalue weighted by Gasteiger charge is -2.15. The van der Waals surface area contributed by atoms with E-state index < -0.39 is 18.5 Å². The first-order valence-corrected chi connectivity index (χ1v) is 7.50. The summed E-state index contributed by atoms with van der Waals surface area (Å²) in [4.78, 5) is 44.3. The molecule has 1 heterocycles. The topological polar surface area (TPSA) is 101 Å². The van der Waals surface area contributed by atoms with Gasteiger partial charge in [-0.05, 0) is 37.3 Å². The Labute approximate surface area is 144 Å². The van der Waals surface area contributed by atoms with Crippen LogP contribution in [0, 0.1) is 0 Å². The predicted molar refractivity (Wildman–Crippen MR) is 91.3 cm³/mol. The summed E-state index contributed by atoms with van der Waals surface area (Å²) < 4.78 is 4.93. The summed E-state index contributed by atoms with van der Waals surface area (Å²) in [5.74, 6) is -0.715. The molecule has 1 amide bonds. The van der Waals surface area contributed by atoms with E-state index in [0.717, 1.165) is 0 Å². The number of benzene rings is 1. The molecular weight excluding hydrogens is 324 g/mol. The van der Waals surface area contributed by atoms with Crippen LogP contribution in [0.3, 0.4) is 0 Å². The molecule has 0 spiro atoms. The molecule has 0 bridgehead atoms. The number of amides is 1. The fraction of sp³-hybridized carbons (Fsp3) is 0.235. The molecule has 0 saturated heterocycles. The second-order valence-corrected chi connectivity index (χ2v) is 5.25. The molecule has 25 heavy (non-hydrogen) atoms. The molecule has 1 N–H and O–H groups in total. The lowest BCUT2D eigenvalue weighted by Crippen LogP contribution is -2.30. The van der Waals surface area contributed by atoms with Gasteiger partial charge < -0.3 is 15.0 Å². The minimum Gasteiger partial charge on any atom is -0.454 e. The number of likely N-dealkylation sites (N-methyl/N-ethyl adjacent to an activating group) is 1. The largest absolute Gasteiger partial charge is 0.454 e. The summed E-state index contributed by atoms with van der Waals surface area (Å²) in [7, 11) is 1.65. The monoisotopic (exact) mass is 342 g/mol. The van der Waals surface area contributed by atoms with E-state index in [0.29, 0.717) is 17.2 Å². The van der Waals surface area contributed by atoms with E-state index >= 15 is 0 Å². The maximum absolute atomic E-state index is 11.8. The molecule has 0 saturated carbocycles. The van der Waals surface area contributed by atoms with Gasteiger partial charge in [0.1, 0.15) is 6.54 Å². The first-order chi connectivity index (χ1) is 12.0. The van der Waals surface area contributed by atoms with Crippen LogP contribution in [0.5, 0.6) is 0 Å². The van der Waals surface area contributed by atoms with Crippen molar-refractivity contribution in [2.24, 2.45) is 0 Å². The highest BCUT2D eigenvalue weighted by Crippen LogP contribution is 2.10. The average molecular weight is 342 g/mol. The number of ether oxygens (including phenoxy) is 1. The molecule has 2 aromatic rings. The number of ketones is 1. The van der Waals surface area contributed by atoms with E-state index in [1.54, 1.807) is 49.8 Å². The van der Waals surface area contributed by atoms with Gasteiger partial charge in [0, 0.05) is 30.7 Å². The van der Waals surface area contributed by atoms with E-state index in [-0.39, 0.29) is 12.3 Å². The van der Waals surface area contributed by atoms with Crippen LogP contribution in [0.2, 0.25) is 0 Å². The number of anilines is 2. The highest BCUT2D eigenvalue weighted by molar-refractivity contribution is 5.96. The molecule has 1 aromatic heterocycles. The number of Topliss-reactive ketones (excluding diaryl/α,β-unsaturated/α-hetero) is 1. The van der Waals surface area contributed by atoms with Gasteiger partial charge >= 0.3 is 5.97 Å². The van der Waals surface area contributed by atoms with Crippen LogP contribution in [0.4, 0.5) is 11.6 Å². The molecule has 0 atom stereocenters.